The SMILES string of the molecule is CC1CCC2(CNC2)C1.CCC. The summed E-state index contributed by atoms with van der Waals surface area (Å²) in [5.74, 6) is 1.01. The van der Waals surface area contributed by atoms with Crippen LogP contribution in [0.5, 0.6) is 0 Å². The van der Waals surface area contributed by atoms with Crippen molar-refractivity contribution in [3.63, 3.8) is 0 Å². The Hall–Kier alpha value is -0.0400. The molecule has 1 nitrogen and oxygen atoms in total. The van der Waals surface area contributed by atoms with Crippen LogP contribution in [-0.2, 0) is 0 Å². The van der Waals surface area contributed by atoms with Crippen LogP contribution in [0.3, 0.4) is 0 Å². The van der Waals surface area contributed by atoms with Crippen LogP contribution in [0.2, 0.25) is 0 Å². The molecule has 2 rings (SSSR count). The Labute approximate surface area is 76.9 Å². The van der Waals surface area contributed by atoms with E-state index in [1.165, 1.54) is 38.8 Å². The molecule has 1 atom stereocenters. The lowest BCUT2D eigenvalue weighted by Gasteiger charge is -2.39. The van der Waals surface area contributed by atoms with Crippen molar-refractivity contribution in [3.05, 3.63) is 0 Å². The van der Waals surface area contributed by atoms with Gasteiger partial charge in [-0.25, -0.2) is 0 Å². The molecule has 1 heterocycles. The second kappa shape index (κ2) is 4.27. The molecule has 1 aliphatic carbocycles. The molecule has 1 heteroatoms. The third-order valence-electron chi connectivity index (χ3n) is 2.95. The van der Waals surface area contributed by atoms with E-state index in [2.05, 4.69) is 26.1 Å². The average molecular weight is 169 g/mol. The van der Waals surface area contributed by atoms with Crippen molar-refractivity contribution in [2.45, 2.75) is 46.5 Å². The van der Waals surface area contributed by atoms with Gasteiger partial charge < -0.3 is 5.32 Å². The van der Waals surface area contributed by atoms with Crippen molar-refractivity contribution >= 4 is 0 Å². The third kappa shape index (κ3) is 2.22. The summed E-state index contributed by atoms with van der Waals surface area (Å²) in [7, 11) is 0. The summed E-state index contributed by atoms with van der Waals surface area (Å²) in [5, 5.41) is 3.36. The first kappa shape index (κ1) is 10.0. The van der Waals surface area contributed by atoms with Crippen molar-refractivity contribution in [1.29, 1.82) is 0 Å². The van der Waals surface area contributed by atoms with Crippen LogP contribution in [0.1, 0.15) is 46.5 Å². The molecule has 1 unspecified atom stereocenters. The maximum atomic E-state index is 3.36. The first-order chi connectivity index (χ1) is 5.72. The molecule has 1 saturated carbocycles. The highest BCUT2D eigenvalue weighted by molar-refractivity contribution is 4.97. The van der Waals surface area contributed by atoms with Crippen molar-refractivity contribution in [1.82, 2.24) is 5.32 Å². The molecular weight excluding hydrogens is 146 g/mol. The van der Waals surface area contributed by atoms with Gasteiger partial charge in [0.15, 0.2) is 0 Å². The third-order valence-corrected chi connectivity index (χ3v) is 2.95. The highest BCUT2D eigenvalue weighted by Crippen LogP contribution is 2.43. The number of hydrogen-bond donors (Lipinski definition) is 1. The molecule has 0 aromatic heterocycles. The standard InChI is InChI=1S/C8H15N.C3H8/c1-7-2-3-8(4-7)5-9-6-8;1-3-2/h7,9H,2-6H2,1H3;3H2,1-2H3. The Balaban J connectivity index is 0.000000213. The Morgan fingerprint density at radius 3 is 2.08 bits per heavy atom. The van der Waals surface area contributed by atoms with Gasteiger partial charge in [0, 0.05) is 13.1 Å². The van der Waals surface area contributed by atoms with Gasteiger partial charge in [-0.15, -0.1) is 0 Å². The highest BCUT2D eigenvalue weighted by atomic mass is 15.0. The Bertz CT molecular complexity index is 127. The van der Waals surface area contributed by atoms with E-state index < -0.39 is 0 Å². The summed E-state index contributed by atoms with van der Waals surface area (Å²) in [6.07, 6.45) is 5.70. The smallest absolute Gasteiger partial charge is 0.00203 e. The number of nitrogens with one attached hydrogen (secondary N) is 1. The van der Waals surface area contributed by atoms with Gasteiger partial charge >= 0.3 is 0 Å². The van der Waals surface area contributed by atoms with E-state index in [4.69, 9.17) is 0 Å². The van der Waals surface area contributed by atoms with Crippen LogP contribution in [0.4, 0.5) is 0 Å². The molecule has 1 N–H and O–H groups in total. The van der Waals surface area contributed by atoms with Crippen LogP contribution >= 0.6 is 0 Å². The highest BCUT2D eigenvalue weighted by Gasteiger charge is 2.41. The number of hydrogen-bond acceptors (Lipinski definition) is 1. The lowest BCUT2D eigenvalue weighted by Crippen LogP contribution is -2.51. The Morgan fingerprint density at radius 1 is 1.33 bits per heavy atom. The van der Waals surface area contributed by atoms with Gasteiger partial charge in [0.05, 0.1) is 0 Å². The van der Waals surface area contributed by atoms with Crippen LogP contribution in [0, 0.1) is 11.3 Å². The molecule has 2 aliphatic rings. The zero-order valence-corrected chi connectivity index (χ0v) is 8.82. The van der Waals surface area contributed by atoms with Crippen molar-refractivity contribution < 1.29 is 0 Å². The summed E-state index contributed by atoms with van der Waals surface area (Å²) in [4.78, 5) is 0. The quantitative estimate of drug-likeness (QED) is 0.588. The minimum absolute atomic E-state index is 0.777. The van der Waals surface area contributed by atoms with Crippen molar-refractivity contribution in [2.24, 2.45) is 11.3 Å². The zero-order valence-electron chi connectivity index (χ0n) is 8.82. The van der Waals surface area contributed by atoms with E-state index in [0.717, 1.165) is 11.3 Å². The molecule has 0 radical (unpaired) electrons. The minimum Gasteiger partial charge on any atom is -0.316 e. The first-order valence-electron chi connectivity index (χ1n) is 5.43. The molecule has 2 fully saturated rings. The number of rotatable bonds is 0. The van der Waals surface area contributed by atoms with E-state index in [0.29, 0.717) is 0 Å². The Morgan fingerprint density at radius 2 is 1.92 bits per heavy atom. The molecule has 0 bridgehead atoms. The summed E-state index contributed by atoms with van der Waals surface area (Å²) in [6, 6.07) is 0. The summed E-state index contributed by atoms with van der Waals surface area (Å²) in [6.45, 7) is 9.24. The van der Waals surface area contributed by atoms with Crippen molar-refractivity contribution in [3.8, 4) is 0 Å². The van der Waals surface area contributed by atoms with Crippen LogP contribution in [-0.4, -0.2) is 13.1 Å². The van der Waals surface area contributed by atoms with Gasteiger partial charge in [0.25, 0.3) is 0 Å². The van der Waals surface area contributed by atoms with Crippen LogP contribution in [0.25, 0.3) is 0 Å². The van der Waals surface area contributed by atoms with Gasteiger partial charge in [-0.1, -0.05) is 33.6 Å². The molecule has 0 aromatic carbocycles. The topological polar surface area (TPSA) is 12.0 Å². The van der Waals surface area contributed by atoms with Crippen molar-refractivity contribution in [2.75, 3.05) is 13.1 Å². The molecule has 0 aromatic rings. The van der Waals surface area contributed by atoms with E-state index in [1.807, 2.05) is 0 Å². The van der Waals surface area contributed by atoms with E-state index in [9.17, 15) is 0 Å². The van der Waals surface area contributed by atoms with Gasteiger partial charge in [0.1, 0.15) is 0 Å². The predicted molar refractivity (Wildman–Crippen MR) is 54.3 cm³/mol. The van der Waals surface area contributed by atoms with Gasteiger partial charge in [-0.3, -0.25) is 0 Å². The van der Waals surface area contributed by atoms with E-state index in [-0.39, 0.29) is 0 Å². The van der Waals surface area contributed by atoms with Gasteiger partial charge in [-0.2, -0.15) is 0 Å². The first-order valence-corrected chi connectivity index (χ1v) is 5.43. The summed E-state index contributed by atoms with van der Waals surface area (Å²) < 4.78 is 0. The van der Waals surface area contributed by atoms with E-state index in [1.54, 1.807) is 0 Å². The fourth-order valence-corrected chi connectivity index (χ4v) is 2.30. The largest absolute Gasteiger partial charge is 0.316 e. The maximum absolute atomic E-state index is 3.36. The fraction of sp³-hybridized carbons (Fsp3) is 1.00. The normalized spacial score (nSPS) is 30.8. The van der Waals surface area contributed by atoms with Gasteiger partial charge in [0.2, 0.25) is 0 Å². The zero-order chi connectivity index (χ0) is 9.03. The predicted octanol–water partition coefficient (Wildman–Crippen LogP) is 2.81. The summed E-state index contributed by atoms with van der Waals surface area (Å²) >= 11 is 0. The average Bonchev–Trinajstić information content (AvgIpc) is 2.32. The molecular formula is C11H23N. The molecule has 0 amide bonds. The summed E-state index contributed by atoms with van der Waals surface area (Å²) in [5.41, 5.74) is 0.777. The van der Waals surface area contributed by atoms with E-state index >= 15 is 0 Å². The van der Waals surface area contributed by atoms with Crippen LogP contribution < -0.4 is 5.32 Å². The molecule has 72 valence electrons. The monoisotopic (exact) mass is 169 g/mol. The molecule has 12 heavy (non-hydrogen) atoms. The lowest BCUT2D eigenvalue weighted by molar-refractivity contribution is 0.171. The second-order valence-corrected chi connectivity index (χ2v) is 4.66. The fourth-order valence-electron chi connectivity index (χ4n) is 2.30. The maximum Gasteiger partial charge on any atom is 0.00203 e. The Kier molecular flexibility index (Phi) is 3.57. The molecule has 1 aliphatic heterocycles. The van der Waals surface area contributed by atoms with Crippen LogP contribution in [0.15, 0.2) is 0 Å². The molecule has 1 saturated heterocycles. The van der Waals surface area contributed by atoms with Gasteiger partial charge in [-0.05, 0) is 24.2 Å². The lowest BCUT2D eigenvalue weighted by atomic mass is 9.80. The second-order valence-electron chi connectivity index (χ2n) is 4.66. The molecule has 1 spiro atoms. The minimum atomic E-state index is 0.777.